The highest BCUT2D eigenvalue weighted by molar-refractivity contribution is 6.13. The number of allylic oxidation sites excluding steroid dienone is 5. The first kappa shape index (κ1) is 33.4. The van der Waals surface area contributed by atoms with Crippen molar-refractivity contribution in [2.75, 3.05) is 0 Å². The smallest absolute Gasteiger partial charge is 0.145 e. The molecule has 56 heavy (non-hydrogen) atoms. The average molecular weight is 715 g/mol. The molecule has 3 aliphatic rings. The largest absolute Gasteiger partial charge is 0.360 e. The van der Waals surface area contributed by atoms with Crippen LogP contribution in [0.4, 0.5) is 0 Å². The number of terminal acetylenes is 1. The monoisotopic (exact) mass is 714 g/mol. The van der Waals surface area contributed by atoms with E-state index < -0.39 is 5.41 Å². The van der Waals surface area contributed by atoms with Crippen molar-refractivity contribution < 1.29 is 0 Å². The van der Waals surface area contributed by atoms with Gasteiger partial charge in [0.15, 0.2) is 0 Å². The van der Waals surface area contributed by atoms with Gasteiger partial charge in [-0.05, 0) is 97.5 Å². The van der Waals surface area contributed by atoms with Gasteiger partial charge in [0.2, 0.25) is 0 Å². The molecule has 1 heterocycles. The highest BCUT2D eigenvalue weighted by Crippen LogP contribution is 2.63. The Bertz CT molecular complexity index is 2800. The molecule has 0 saturated carbocycles. The summed E-state index contributed by atoms with van der Waals surface area (Å²) in [5, 5.41) is 3.74. The molecule has 1 atom stereocenters. The van der Waals surface area contributed by atoms with Crippen LogP contribution < -0.4 is 5.32 Å². The van der Waals surface area contributed by atoms with Crippen molar-refractivity contribution in [1.82, 2.24) is 5.32 Å². The average Bonchev–Trinajstić information content (AvgIpc) is 3.73. The molecule has 0 bridgehead atoms. The second-order valence-corrected chi connectivity index (χ2v) is 14.6. The first-order valence-corrected chi connectivity index (χ1v) is 19.2. The van der Waals surface area contributed by atoms with E-state index in [9.17, 15) is 0 Å². The number of hydrogen-bond donors (Lipinski definition) is 1. The van der Waals surface area contributed by atoms with Gasteiger partial charge in [-0.2, -0.15) is 0 Å². The molecule has 10 rings (SSSR count). The fraction of sp³-hybridized carbons (Fsp3) is 0.0556. The molecular formula is C54H38N2. The molecule has 2 nitrogen and oxygen atoms in total. The molecule has 0 saturated heterocycles. The molecule has 264 valence electrons. The Hall–Kier alpha value is -7.21. The van der Waals surface area contributed by atoms with E-state index in [-0.39, 0.29) is 6.17 Å². The second-order valence-electron chi connectivity index (χ2n) is 14.6. The third-order valence-corrected chi connectivity index (χ3v) is 11.5. The molecular weight excluding hydrogens is 677 g/mol. The quantitative estimate of drug-likeness (QED) is 0.170. The van der Waals surface area contributed by atoms with Gasteiger partial charge in [-0.15, -0.1) is 6.42 Å². The lowest BCUT2D eigenvalue weighted by Gasteiger charge is -2.31. The van der Waals surface area contributed by atoms with E-state index in [1.54, 1.807) is 0 Å². The molecule has 7 aromatic carbocycles. The summed E-state index contributed by atoms with van der Waals surface area (Å²) < 4.78 is 0. The molecule has 0 amide bonds. The van der Waals surface area contributed by atoms with Crippen molar-refractivity contribution in [3.63, 3.8) is 0 Å². The number of nitrogens with zero attached hydrogens (tertiary/aromatic N) is 1. The molecule has 2 aliphatic carbocycles. The topological polar surface area (TPSA) is 24.4 Å². The van der Waals surface area contributed by atoms with Crippen LogP contribution in [0.1, 0.15) is 52.0 Å². The van der Waals surface area contributed by atoms with Crippen LogP contribution in [0.25, 0.3) is 44.7 Å². The van der Waals surface area contributed by atoms with Crippen LogP contribution in [0.3, 0.4) is 0 Å². The summed E-state index contributed by atoms with van der Waals surface area (Å²) in [5.74, 6) is 3.20. The second kappa shape index (κ2) is 13.6. The Labute approximate surface area is 329 Å². The summed E-state index contributed by atoms with van der Waals surface area (Å²) in [6.45, 7) is 2.08. The van der Waals surface area contributed by atoms with Crippen LogP contribution in [-0.2, 0) is 5.41 Å². The molecule has 0 radical (unpaired) electrons. The Balaban J connectivity index is 1.09. The van der Waals surface area contributed by atoms with Gasteiger partial charge < -0.3 is 5.32 Å². The van der Waals surface area contributed by atoms with E-state index in [0.29, 0.717) is 0 Å². The van der Waals surface area contributed by atoms with Crippen LogP contribution in [0, 0.1) is 12.3 Å². The van der Waals surface area contributed by atoms with Crippen molar-refractivity contribution >= 4 is 17.0 Å². The summed E-state index contributed by atoms with van der Waals surface area (Å²) in [7, 11) is 0. The maximum Gasteiger partial charge on any atom is 0.145 e. The minimum Gasteiger partial charge on any atom is -0.360 e. The van der Waals surface area contributed by atoms with E-state index in [0.717, 1.165) is 67.1 Å². The zero-order valence-electron chi connectivity index (χ0n) is 31.1. The third-order valence-electron chi connectivity index (χ3n) is 11.5. The first-order valence-electron chi connectivity index (χ1n) is 19.2. The van der Waals surface area contributed by atoms with Crippen LogP contribution in [0.2, 0.25) is 0 Å². The van der Waals surface area contributed by atoms with E-state index in [1.165, 1.54) is 27.8 Å². The summed E-state index contributed by atoms with van der Waals surface area (Å²) in [4.78, 5) is 5.24. The maximum atomic E-state index is 6.55. The fourth-order valence-corrected chi connectivity index (χ4v) is 9.18. The van der Waals surface area contributed by atoms with Gasteiger partial charge in [0.25, 0.3) is 0 Å². The fourth-order valence-electron chi connectivity index (χ4n) is 9.18. The van der Waals surface area contributed by atoms with Crippen LogP contribution in [-0.4, -0.2) is 5.71 Å². The van der Waals surface area contributed by atoms with E-state index >= 15 is 0 Å². The Morgan fingerprint density at radius 3 is 1.82 bits per heavy atom. The lowest BCUT2D eigenvalue weighted by atomic mass is 9.69. The standard InChI is InChI=1S/C54H38N2/c1-3-18-46-42(4-2)52-43(29-17-32-49(52)54(46)47-30-13-11-27-44(47)45-28-12-14-31-48(45)54)40-25-15-23-38(33-40)39-24-16-26-41(34-39)53-55-50(36-19-7-5-8-20-36)35-51(56-53)37-21-9-6-10-22-37/h2-3,5-35,53,55H,1H3/b18-3-. The van der Waals surface area contributed by atoms with Gasteiger partial charge in [-0.3, -0.25) is 4.99 Å². The van der Waals surface area contributed by atoms with E-state index in [4.69, 9.17) is 11.4 Å². The molecule has 1 unspecified atom stereocenters. The number of aliphatic imine (C=N–C) groups is 1. The van der Waals surface area contributed by atoms with E-state index in [2.05, 4.69) is 200 Å². The Morgan fingerprint density at radius 2 is 1.12 bits per heavy atom. The summed E-state index contributed by atoms with van der Waals surface area (Å²) in [6, 6.07) is 62.9. The molecule has 1 spiro atoms. The number of hydrogen-bond acceptors (Lipinski definition) is 2. The van der Waals surface area contributed by atoms with Crippen molar-refractivity contribution in [3.05, 3.63) is 239 Å². The van der Waals surface area contributed by atoms with Gasteiger partial charge in [-0.1, -0.05) is 182 Å². The predicted molar refractivity (Wildman–Crippen MR) is 233 cm³/mol. The SMILES string of the molecule is C#CC1=C(/C=C\C)C2(c3ccccc3-c3ccccc32)c2cccc(-c3cccc(-c4cccc(C5N=C(c6ccccc6)C=C(c6ccccc6)N5)c4)c3)c21. The molecule has 0 fully saturated rings. The first-order chi connectivity index (χ1) is 27.7. The van der Waals surface area contributed by atoms with E-state index in [1.807, 2.05) is 12.1 Å². The molecule has 2 heteroatoms. The minimum atomic E-state index is -0.502. The van der Waals surface area contributed by atoms with Gasteiger partial charge in [0.1, 0.15) is 6.17 Å². The minimum absolute atomic E-state index is 0.257. The molecule has 1 aliphatic heterocycles. The Kier molecular flexibility index (Phi) is 8.09. The van der Waals surface area contributed by atoms with Gasteiger partial charge in [-0.25, -0.2) is 0 Å². The summed E-state index contributed by atoms with van der Waals surface area (Å²) in [5.41, 5.74) is 18.9. The maximum absolute atomic E-state index is 6.55. The molecule has 1 N–H and O–H groups in total. The van der Waals surface area contributed by atoms with Crippen molar-refractivity contribution in [2.45, 2.75) is 18.5 Å². The third kappa shape index (κ3) is 5.17. The highest BCUT2D eigenvalue weighted by Gasteiger charge is 2.52. The zero-order chi connectivity index (χ0) is 37.6. The lowest BCUT2D eigenvalue weighted by molar-refractivity contribution is 0.664. The van der Waals surface area contributed by atoms with Crippen molar-refractivity contribution in [2.24, 2.45) is 4.99 Å². The Morgan fingerprint density at radius 1 is 0.571 bits per heavy atom. The zero-order valence-corrected chi connectivity index (χ0v) is 31.1. The van der Waals surface area contributed by atoms with Gasteiger partial charge >= 0.3 is 0 Å². The number of rotatable bonds is 6. The van der Waals surface area contributed by atoms with Crippen molar-refractivity contribution in [1.29, 1.82) is 0 Å². The lowest BCUT2D eigenvalue weighted by Crippen LogP contribution is -2.26. The predicted octanol–water partition coefficient (Wildman–Crippen LogP) is 12.4. The van der Waals surface area contributed by atoms with Gasteiger partial charge in [0, 0.05) is 16.8 Å². The number of fused-ring (bicyclic) bond motifs is 7. The molecule has 0 aromatic heterocycles. The normalized spacial score (nSPS) is 16.1. The van der Waals surface area contributed by atoms with Crippen molar-refractivity contribution in [3.8, 4) is 45.7 Å². The highest BCUT2D eigenvalue weighted by atomic mass is 15.1. The van der Waals surface area contributed by atoms with Crippen LogP contribution in [0.15, 0.2) is 205 Å². The van der Waals surface area contributed by atoms with Crippen LogP contribution in [0.5, 0.6) is 0 Å². The molecule has 7 aromatic rings. The van der Waals surface area contributed by atoms with Gasteiger partial charge in [0.05, 0.1) is 11.1 Å². The summed E-state index contributed by atoms with van der Waals surface area (Å²) >= 11 is 0. The van der Waals surface area contributed by atoms with Crippen LogP contribution >= 0.6 is 0 Å². The number of nitrogens with one attached hydrogen (secondary N) is 1. The summed E-state index contributed by atoms with van der Waals surface area (Å²) in [6.07, 6.45) is 12.8. The number of benzene rings is 7.